The summed E-state index contributed by atoms with van der Waals surface area (Å²) in [6, 6.07) is -0.791. The number of nitrogens with zero attached hydrogens (tertiary/aromatic N) is 8. The van der Waals surface area contributed by atoms with Crippen LogP contribution in [0.3, 0.4) is 0 Å². The van der Waals surface area contributed by atoms with E-state index in [2.05, 4.69) is 36.9 Å². The number of imidazole rings is 1. The minimum Gasteiger partial charge on any atom is -0.388 e. The monoisotopic (exact) mass is 804 g/mol. The number of hydrogen-bond donors (Lipinski definition) is 3. The van der Waals surface area contributed by atoms with Crippen molar-refractivity contribution in [1.29, 1.82) is 0 Å². The first kappa shape index (κ1) is 43.5. The number of nitrogens with two attached hydrogens (primary N) is 1. The van der Waals surface area contributed by atoms with E-state index in [-0.39, 0.29) is 38.5 Å². The second-order valence-corrected chi connectivity index (χ2v) is 16.3. The summed E-state index contributed by atoms with van der Waals surface area (Å²) < 4.78 is 46.5. The van der Waals surface area contributed by atoms with Crippen LogP contribution in [0.25, 0.3) is 21.6 Å². The SMILES string of the molecule is CCCCCCCCCCCCCCCCO[P@@](=O)(OC[C@@H]1C[C@@H](O)[C@H](n2cnc3c(N)ncnc32)O1)OC[C@H]1O[C@@H](n2cc(C)c(=O)[nH]c2=O)C[C@@H]1N=[N+]=[N-]. The van der Waals surface area contributed by atoms with Crippen LogP contribution in [0.5, 0.6) is 0 Å². The quantitative estimate of drug-likeness (QED) is 0.0271. The highest BCUT2D eigenvalue weighted by molar-refractivity contribution is 7.48. The maximum atomic E-state index is 14.1. The Hall–Kier alpha value is -3.67. The summed E-state index contributed by atoms with van der Waals surface area (Å²) in [5.41, 5.74) is 15.0. The van der Waals surface area contributed by atoms with Gasteiger partial charge in [-0.1, -0.05) is 95.5 Å². The molecule has 2 aliphatic rings. The molecule has 0 spiro atoms. The van der Waals surface area contributed by atoms with E-state index in [4.69, 9.17) is 28.8 Å². The van der Waals surface area contributed by atoms with Crippen LogP contribution >= 0.6 is 7.82 Å². The number of nitrogens with one attached hydrogen (secondary N) is 1. The van der Waals surface area contributed by atoms with Crippen molar-refractivity contribution in [3.05, 3.63) is 55.7 Å². The predicted molar refractivity (Wildman–Crippen MR) is 208 cm³/mol. The number of aromatic amines is 1. The van der Waals surface area contributed by atoms with Crippen LogP contribution in [-0.4, -0.2) is 78.4 Å². The van der Waals surface area contributed by atoms with Crippen LogP contribution in [0.1, 0.15) is 128 Å². The van der Waals surface area contributed by atoms with Crippen LogP contribution in [0, 0.1) is 6.92 Å². The van der Waals surface area contributed by atoms with Gasteiger partial charge in [-0.25, -0.2) is 24.3 Å². The van der Waals surface area contributed by atoms with Gasteiger partial charge in [-0.05, 0) is 18.9 Å². The van der Waals surface area contributed by atoms with E-state index in [1.54, 1.807) is 11.5 Å². The Labute approximate surface area is 325 Å². The van der Waals surface area contributed by atoms with E-state index in [1.165, 1.54) is 87.6 Å². The zero-order chi connectivity index (χ0) is 39.9. The molecule has 0 aromatic carbocycles. The van der Waals surface area contributed by atoms with E-state index >= 15 is 0 Å². The van der Waals surface area contributed by atoms with Gasteiger partial charge in [-0.15, -0.1) is 0 Å². The van der Waals surface area contributed by atoms with Gasteiger partial charge in [-0.3, -0.25) is 32.5 Å². The van der Waals surface area contributed by atoms with Crippen molar-refractivity contribution in [3.63, 3.8) is 0 Å². The fourth-order valence-electron chi connectivity index (χ4n) is 7.09. The summed E-state index contributed by atoms with van der Waals surface area (Å²) >= 11 is 0. The Balaban J connectivity index is 1.14. The zero-order valence-electron chi connectivity index (χ0n) is 32.4. The molecule has 3 aromatic rings. The number of fused-ring (bicyclic) bond motifs is 1. The summed E-state index contributed by atoms with van der Waals surface area (Å²) in [6.07, 6.45) is 16.6. The number of H-pyrrole nitrogens is 1. The van der Waals surface area contributed by atoms with Gasteiger partial charge in [0.05, 0.1) is 44.4 Å². The minimum absolute atomic E-state index is 0.100. The first-order valence-electron chi connectivity index (χ1n) is 19.9. The highest BCUT2D eigenvalue weighted by Crippen LogP contribution is 2.51. The lowest BCUT2D eigenvalue weighted by Crippen LogP contribution is -2.33. The number of unbranched alkanes of at least 4 members (excludes halogenated alkanes) is 13. The number of phosphoric ester groups is 1. The number of ether oxygens (including phenoxy) is 2. The molecule has 19 nitrogen and oxygen atoms in total. The largest absolute Gasteiger partial charge is 0.474 e. The van der Waals surface area contributed by atoms with Gasteiger partial charge in [0, 0.05) is 29.5 Å². The number of nitrogen functional groups attached to an aromatic ring is 1. The number of hydrogen-bond acceptors (Lipinski definition) is 14. The topological polar surface area (TPSA) is 257 Å². The summed E-state index contributed by atoms with van der Waals surface area (Å²) in [6.45, 7) is 3.30. The van der Waals surface area contributed by atoms with Crippen molar-refractivity contribution in [2.24, 2.45) is 5.11 Å². The van der Waals surface area contributed by atoms with Crippen molar-refractivity contribution in [2.45, 2.75) is 153 Å². The van der Waals surface area contributed by atoms with Crippen molar-refractivity contribution in [1.82, 2.24) is 29.1 Å². The fraction of sp³-hybridized carbons (Fsp3) is 0.750. The molecular formula is C36H57N10O9P. The third-order valence-electron chi connectivity index (χ3n) is 10.2. The summed E-state index contributed by atoms with van der Waals surface area (Å²) in [4.78, 5) is 42.1. The molecule has 2 aliphatic heterocycles. The maximum absolute atomic E-state index is 14.1. The normalized spacial score (nSPS) is 23.4. The Kier molecular flexibility index (Phi) is 16.9. The molecule has 5 rings (SSSR count). The van der Waals surface area contributed by atoms with E-state index in [0.29, 0.717) is 23.1 Å². The molecule has 0 unspecified atom stereocenters. The Morgan fingerprint density at radius 1 is 0.946 bits per heavy atom. The molecular weight excluding hydrogens is 747 g/mol. The van der Waals surface area contributed by atoms with E-state index in [9.17, 15) is 24.8 Å². The molecule has 56 heavy (non-hydrogen) atoms. The number of anilines is 1. The molecule has 20 heteroatoms. The summed E-state index contributed by atoms with van der Waals surface area (Å²) in [7, 11) is -4.27. The highest BCUT2D eigenvalue weighted by Gasteiger charge is 2.41. The molecule has 5 heterocycles. The predicted octanol–water partition coefficient (Wildman–Crippen LogP) is 6.52. The molecule has 0 radical (unpaired) electrons. The van der Waals surface area contributed by atoms with E-state index < -0.39 is 55.9 Å². The third kappa shape index (κ3) is 12.2. The first-order valence-corrected chi connectivity index (χ1v) is 21.4. The average molecular weight is 805 g/mol. The third-order valence-corrected chi connectivity index (χ3v) is 11.7. The molecule has 0 aliphatic carbocycles. The van der Waals surface area contributed by atoms with Gasteiger partial charge < -0.3 is 20.3 Å². The van der Waals surface area contributed by atoms with Gasteiger partial charge in [0.25, 0.3) is 5.56 Å². The van der Waals surface area contributed by atoms with Gasteiger partial charge in [0.1, 0.15) is 24.2 Å². The van der Waals surface area contributed by atoms with Crippen molar-refractivity contribution in [2.75, 3.05) is 25.6 Å². The Morgan fingerprint density at radius 3 is 2.29 bits per heavy atom. The zero-order valence-corrected chi connectivity index (χ0v) is 33.3. The lowest BCUT2D eigenvalue weighted by molar-refractivity contribution is -0.0541. The fourth-order valence-corrected chi connectivity index (χ4v) is 8.35. The highest BCUT2D eigenvalue weighted by atomic mass is 31.2. The van der Waals surface area contributed by atoms with Crippen LogP contribution in [0.4, 0.5) is 5.82 Å². The molecule has 2 saturated heterocycles. The second kappa shape index (κ2) is 21.7. The van der Waals surface area contributed by atoms with Gasteiger partial charge in [0.2, 0.25) is 0 Å². The molecule has 0 bridgehead atoms. The molecule has 310 valence electrons. The van der Waals surface area contributed by atoms with Gasteiger partial charge in [-0.2, -0.15) is 0 Å². The number of azide groups is 1. The maximum Gasteiger partial charge on any atom is 0.474 e. The summed E-state index contributed by atoms with van der Waals surface area (Å²) in [5, 5.41) is 14.7. The molecule has 0 saturated carbocycles. The van der Waals surface area contributed by atoms with Crippen LogP contribution in [-0.2, 0) is 27.6 Å². The molecule has 2 fully saturated rings. The van der Waals surface area contributed by atoms with Crippen molar-refractivity contribution >= 4 is 24.8 Å². The van der Waals surface area contributed by atoms with Gasteiger partial charge >= 0.3 is 13.5 Å². The standard InChI is InChI=1S/C36H57N10O9P/c1-3-4-5-6-7-8-9-10-11-12-13-14-15-16-17-51-56(50,52-21-26-18-28(47)35(54-26)46-24-41-31-32(37)39-23-40-33(31)46)53-22-29-27(43-44-38)19-30(55-29)45-20-25(2)34(48)42-36(45)49/h20,23-24,26-30,35,47H,3-19,21-22H2,1-2H3,(H2,37,39,40)(H,42,48,49)/t26-,27-,28+,29+,30+,35+,56-/m0/s1. The smallest absolute Gasteiger partial charge is 0.388 e. The van der Waals surface area contributed by atoms with Crippen LogP contribution < -0.4 is 17.0 Å². The number of rotatable bonds is 25. The van der Waals surface area contributed by atoms with E-state index in [1.807, 2.05) is 0 Å². The Bertz CT molecular complexity index is 1900. The number of aliphatic hydroxyl groups is 1. The minimum atomic E-state index is -4.27. The van der Waals surface area contributed by atoms with Crippen LogP contribution in [0.2, 0.25) is 0 Å². The van der Waals surface area contributed by atoms with Crippen LogP contribution in [0.15, 0.2) is 33.6 Å². The number of aliphatic hydroxyl groups excluding tert-OH is 1. The number of phosphoric acid groups is 1. The lowest BCUT2D eigenvalue weighted by atomic mass is 10.0. The number of aromatic nitrogens is 6. The summed E-state index contributed by atoms with van der Waals surface area (Å²) in [5.74, 6) is 0.191. The number of aryl methyl sites for hydroxylation is 1. The molecule has 3 aromatic heterocycles. The molecule has 7 atom stereocenters. The van der Waals surface area contributed by atoms with Gasteiger partial charge in [0.15, 0.2) is 17.7 Å². The molecule has 0 amide bonds. The Morgan fingerprint density at radius 2 is 1.61 bits per heavy atom. The van der Waals surface area contributed by atoms with E-state index in [0.717, 1.165) is 19.3 Å². The van der Waals surface area contributed by atoms with Crippen molar-refractivity contribution in [3.8, 4) is 0 Å². The average Bonchev–Trinajstić information content (AvgIpc) is 3.90. The van der Waals surface area contributed by atoms with Crippen molar-refractivity contribution < 1.29 is 32.7 Å². The first-order chi connectivity index (χ1) is 27.1. The lowest BCUT2D eigenvalue weighted by Gasteiger charge is -2.23. The molecule has 4 N–H and O–H groups in total. The second-order valence-electron chi connectivity index (χ2n) is 14.6.